The summed E-state index contributed by atoms with van der Waals surface area (Å²) in [4.78, 5) is 23.0. The third-order valence-corrected chi connectivity index (χ3v) is 5.46. The fraction of sp³-hybridized carbons (Fsp3) is 0.389. The number of carbonyl (C=O) groups excluding carboxylic acids is 1. The van der Waals surface area contributed by atoms with Crippen molar-refractivity contribution in [2.24, 2.45) is 5.16 Å². The first kappa shape index (κ1) is 20.7. The van der Waals surface area contributed by atoms with Gasteiger partial charge in [0.1, 0.15) is 0 Å². The second kappa shape index (κ2) is 10.5. The lowest BCUT2D eigenvalue weighted by molar-refractivity contribution is -0.110. The van der Waals surface area contributed by atoms with E-state index in [-0.39, 0.29) is 16.9 Å². The molecular formula is C18H20FN3O4S2. The van der Waals surface area contributed by atoms with Gasteiger partial charge >= 0.3 is 0 Å². The number of ether oxygens (including phenoxy) is 2. The first-order chi connectivity index (χ1) is 13.7. The lowest BCUT2D eigenvalue weighted by Crippen LogP contribution is -2.25. The van der Waals surface area contributed by atoms with Gasteiger partial charge in [0.05, 0.1) is 26.0 Å². The highest BCUT2D eigenvalue weighted by Gasteiger charge is 2.21. The summed E-state index contributed by atoms with van der Waals surface area (Å²) in [5, 5.41) is 6.30. The van der Waals surface area contributed by atoms with Crippen molar-refractivity contribution >= 4 is 39.8 Å². The number of methoxy groups -OCH3 is 1. The maximum atomic E-state index is 13.2. The molecule has 0 bridgehead atoms. The Labute approximate surface area is 170 Å². The molecular weight excluding hydrogens is 405 g/mol. The predicted molar refractivity (Wildman–Crippen MR) is 107 cm³/mol. The average molecular weight is 426 g/mol. The van der Waals surface area contributed by atoms with Gasteiger partial charge in [-0.1, -0.05) is 28.6 Å². The number of halogens is 1. The molecule has 7 nitrogen and oxygen atoms in total. The van der Waals surface area contributed by atoms with E-state index >= 15 is 0 Å². The molecule has 1 N–H and O–H groups in total. The number of nitrogens with zero attached hydrogens (tertiary/aromatic N) is 2. The van der Waals surface area contributed by atoms with Crippen molar-refractivity contribution in [3.8, 4) is 0 Å². The van der Waals surface area contributed by atoms with Crippen molar-refractivity contribution in [2.45, 2.75) is 17.4 Å². The van der Waals surface area contributed by atoms with Crippen LogP contribution in [0.25, 0.3) is 0 Å². The second-order valence-electron chi connectivity index (χ2n) is 5.82. The van der Waals surface area contributed by atoms with Gasteiger partial charge < -0.3 is 14.3 Å². The van der Waals surface area contributed by atoms with Gasteiger partial charge in [-0.25, -0.2) is 4.98 Å². The number of amides is 1. The summed E-state index contributed by atoms with van der Waals surface area (Å²) < 4.78 is 23.5. The maximum Gasteiger partial charge on any atom is 0.280 e. The zero-order valence-corrected chi connectivity index (χ0v) is 16.9. The zero-order valence-electron chi connectivity index (χ0n) is 15.2. The van der Waals surface area contributed by atoms with Crippen LogP contribution >= 0.6 is 23.1 Å². The maximum absolute atomic E-state index is 13.2. The molecule has 1 fully saturated rings. The summed E-state index contributed by atoms with van der Waals surface area (Å²) in [5.41, 5.74) is 0.681. The minimum atomic E-state index is -0.520. The van der Waals surface area contributed by atoms with Crippen LogP contribution in [0.1, 0.15) is 12.0 Å². The van der Waals surface area contributed by atoms with Crippen molar-refractivity contribution < 1.29 is 23.5 Å². The van der Waals surface area contributed by atoms with Crippen LogP contribution in [0.2, 0.25) is 0 Å². The first-order valence-electron chi connectivity index (χ1n) is 8.62. The van der Waals surface area contributed by atoms with E-state index < -0.39 is 11.0 Å². The van der Waals surface area contributed by atoms with E-state index in [0.29, 0.717) is 31.8 Å². The number of aromatic nitrogens is 1. The standard InChI is InChI=1S/C18H20FN3O4S2/c1-24-8-9-27-14-4-2-12(3-5-14)16(22-26-13-6-7-25-11-13)17(23)21-18-20-10-15(19)28-18/h2-5,10,13H,6-9,11H2,1H3,(H,20,21,23)/b22-16+/t13-/m1/s1. The number of rotatable bonds is 9. The van der Waals surface area contributed by atoms with Gasteiger partial charge in [-0.2, -0.15) is 4.39 Å². The topological polar surface area (TPSA) is 82.0 Å². The number of thiazole rings is 1. The molecule has 1 aromatic heterocycles. The number of oxime groups is 1. The van der Waals surface area contributed by atoms with Crippen molar-refractivity contribution in [1.29, 1.82) is 0 Å². The Hall–Kier alpha value is -2.01. The van der Waals surface area contributed by atoms with Gasteiger partial charge in [0.15, 0.2) is 22.1 Å². The van der Waals surface area contributed by atoms with Gasteiger partial charge in [-0.05, 0) is 12.1 Å². The van der Waals surface area contributed by atoms with Gasteiger partial charge in [-0.15, -0.1) is 11.8 Å². The van der Waals surface area contributed by atoms with Crippen LogP contribution in [0, 0.1) is 5.13 Å². The Kier molecular flexibility index (Phi) is 7.78. The Morgan fingerprint density at radius 2 is 2.29 bits per heavy atom. The van der Waals surface area contributed by atoms with E-state index in [1.54, 1.807) is 31.0 Å². The van der Waals surface area contributed by atoms with Crippen molar-refractivity contribution in [3.63, 3.8) is 0 Å². The molecule has 1 aliphatic heterocycles. The molecule has 1 saturated heterocycles. The number of thioether (sulfide) groups is 1. The molecule has 1 atom stereocenters. The van der Waals surface area contributed by atoms with E-state index in [4.69, 9.17) is 14.3 Å². The van der Waals surface area contributed by atoms with Crippen LogP contribution in [0.3, 0.4) is 0 Å². The number of hydrogen-bond acceptors (Lipinski definition) is 8. The molecule has 1 amide bonds. The molecule has 1 aromatic carbocycles. The van der Waals surface area contributed by atoms with Gasteiger partial charge in [0.2, 0.25) is 0 Å². The summed E-state index contributed by atoms with van der Waals surface area (Å²) in [6.07, 6.45) is 1.57. The first-order valence-corrected chi connectivity index (χ1v) is 10.4. The number of carbonyl (C=O) groups is 1. The van der Waals surface area contributed by atoms with E-state index in [9.17, 15) is 9.18 Å². The van der Waals surface area contributed by atoms with E-state index in [0.717, 1.165) is 28.2 Å². The van der Waals surface area contributed by atoms with Gasteiger partial charge in [0.25, 0.3) is 5.91 Å². The van der Waals surface area contributed by atoms with Crippen LogP contribution in [0.5, 0.6) is 0 Å². The minimum absolute atomic E-state index is 0.0935. The summed E-state index contributed by atoms with van der Waals surface area (Å²) in [7, 11) is 1.66. The van der Waals surface area contributed by atoms with Crippen LogP contribution < -0.4 is 5.32 Å². The molecule has 0 radical (unpaired) electrons. The third kappa shape index (κ3) is 5.99. The quantitative estimate of drug-likeness (QED) is 0.288. The van der Waals surface area contributed by atoms with E-state index in [2.05, 4.69) is 15.5 Å². The monoisotopic (exact) mass is 425 g/mol. The Bertz CT molecular complexity index is 807. The summed E-state index contributed by atoms with van der Waals surface area (Å²) in [6, 6.07) is 7.40. The molecule has 10 heteroatoms. The van der Waals surface area contributed by atoms with Crippen LogP contribution in [-0.2, 0) is 19.1 Å². The van der Waals surface area contributed by atoms with Crippen molar-refractivity contribution in [3.05, 3.63) is 41.2 Å². The largest absolute Gasteiger partial charge is 0.389 e. The van der Waals surface area contributed by atoms with Crippen LogP contribution in [0.4, 0.5) is 9.52 Å². The molecule has 2 heterocycles. The summed E-state index contributed by atoms with van der Waals surface area (Å²) in [5.74, 6) is 0.311. The molecule has 0 spiro atoms. The highest BCUT2D eigenvalue weighted by atomic mass is 32.2. The van der Waals surface area contributed by atoms with Crippen LogP contribution in [0.15, 0.2) is 40.5 Å². The highest BCUT2D eigenvalue weighted by Crippen LogP contribution is 2.20. The Morgan fingerprint density at radius 3 is 2.93 bits per heavy atom. The molecule has 3 rings (SSSR count). The predicted octanol–water partition coefficient (Wildman–Crippen LogP) is 3.17. The summed E-state index contributed by atoms with van der Waals surface area (Å²) >= 11 is 2.39. The zero-order chi connectivity index (χ0) is 19.8. The number of anilines is 1. The molecule has 0 saturated carbocycles. The molecule has 28 heavy (non-hydrogen) atoms. The molecule has 150 valence electrons. The van der Waals surface area contributed by atoms with E-state index in [1.165, 1.54) is 0 Å². The van der Waals surface area contributed by atoms with Gasteiger partial charge in [-0.3, -0.25) is 10.1 Å². The fourth-order valence-corrected chi connectivity index (χ4v) is 3.72. The lowest BCUT2D eigenvalue weighted by Gasteiger charge is -2.10. The number of benzene rings is 1. The van der Waals surface area contributed by atoms with Crippen LogP contribution in [-0.4, -0.2) is 55.4 Å². The fourth-order valence-electron chi connectivity index (χ4n) is 2.37. The molecule has 0 aliphatic carbocycles. The van der Waals surface area contributed by atoms with Gasteiger partial charge in [0, 0.05) is 29.7 Å². The molecule has 0 unspecified atom stereocenters. The minimum Gasteiger partial charge on any atom is -0.389 e. The van der Waals surface area contributed by atoms with E-state index in [1.807, 2.05) is 12.1 Å². The number of hydrogen-bond donors (Lipinski definition) is 1. The van der Waals surface area contributed by atoms with Crippen molar-refractivity contribution in [1.82, 2.24) is 4.98 Å². The summed E-state index contributed by atoms with van der Waals surface area (Å²) in [6.45, 7) is 1.70. The lowest BCUT2D eigenvalue weighted by atomic mass is 10.1. The highest BCUT2D eigenvalue weighted by molar-refractivity contribution is 7.99. The average Bonchev–Trinajstić information content (AvgIpc) is 3.35. The third-order valence-electron chi connectivity index (χ3n) is 3.78. The van der Waals surface area contributed by atoms with Crippen molar-refractivity contribution in [2.75, 3.05) is 38.0 Å². The normalized spacial score (nSPS) is 16.9. The number of nitrogens with one attached hydrogen (secondary N) is 1. The SMILES string of the molecule is COCCSc1ccc(/C(=N\O[C@@H]2CCOC2)C(=O)Nc2ncc(F)s2)cc1. The smallest absolute Gasteiger partial charge is 0.280 e. The molecule has 2 aromatic rings. The Morgan fingerprint density at radius 1 is 1.46 bits per heavy atom. The Balaban J connectivity index is 1.74. The molecule has 1 aliphatic rings. The second-order valence-corrected chi connectivity index (χ2v) is 7.97.